The summed E-state index contributed by atoms with van der Waals surface area (Å²) >= 11 is 0. The number of nitrogens with zero attached hydrogens (tertiary/aromatic N) is 2. The molecular weight excluding hydrogens is 300 g/mol. The molecule has 0 aliphatic heterocycles. The Hall–Kier alpha value is -2.82. The van der Waals surface area contributed by atoms with Crippen LogP contribution in [0.2, 0.25) is 0 Å². The molecule has 0 bridgehead atoms. The number of anilines is 2. The van der Waals surface area contributed by atoms with Crippen LogP contribution in [0.15, 0.2) is 53.6 Å². The van der Waals surface area contributed by atoms with Crippen molar-refractivity contribution in [3.63, 3.8) is 0 Å². The molecule has 0 aliphatic rings. The van der Waals surface area contributed by atoms with Crippen molar-refractivity contribution in [2.75, 3.05) is 24.3 Å². The number of nitrogens with one attached hydrogen (secondary N) is 2. The van der Waals surface area contributed by atoms with Gasteiger partial charge in [0, 0.05) is 25.5 Å². The van der Waals surface area contributed by atoms with Gasteiger partial charge in [0.15, 0.2) is 0 Å². The van der Waals surface area contributed by atoms with Gasteiger partial charge in [-0.1, -0.05) is 29.8 Å². The van der Waals surface area contributed by atoms with E-state index in [9.17, 15) is 4.79 Å². The highest BCUT2D eigenvalue weighted by atomic mass is 16.2. The Balaban J connectivity index is 1.86. The van der Waals surface area contributed by atoms with E-state index in [4.69, 9.17) is 0 Å². The second-order valence-corrected chi connectivity index (χ2v) is 5.95. The van der Waals surface area contributed by atoms with Gasteiger partial charge in [-0.05, 0) is 43.7 Å². The monoisotopic (exact) mass is 324 g/mol. The lowest BCUT2D eigenvalue weighted by Crippen LogP contribution is -2.34. The largest absolute Gasteiger partial charge is 0.378 e. The first-order chi connectivity index (χ1) is 11.5. The highest BCUT2D eigenvalue weighted by Crippen LogP contribution is 2.11. The molecule has 0 spiro atoms. The zero-order chi connectivity index (χ0) is 17.5. The van der Waals surface area contributed by atoms with E-state index < -0.39 is 0 Å². The zero-order valence-electron chi connectivity index (χ0n) is 14.6. The van der Waals surface area contributed by atoms with Crippen LogP contribution in [0.1, 0.15) is 18.1 Å². The molecule has 0 aromatic heterocycles. The number of carbonyl (C=O) groups is 1. The Kier molecular flexibility index (Phi) is 5.95. The van der Waals surface area contributed by atoms with Gasteiger partial charge in [0.05, 0.1) is 6.21 Å². The molecule has 1 atom stereocenters. The van der Waals surface area contributed by atoms with Crippen molar-refractivity contribution in [3.05, 3.63) is 59.7 Å². The smallest absolute Gasteiger partial charge is 0.262 e. The topological polar surface area (TPSA) is 56.7 Å². The summed E-state index contributed by atoms with van der Waals surface area (Å²) in [5.41, 5.74) is 6.70. The van der Waals surface area contributed by atoms with Crippen molar-refractivity contribution < 1.29 is 4.79 Å². The highest BCUT2D eigenvalue weighted by molar-refractivity contribution is 5.86. The minimum atomic E-state index is -0.374. The SMILES string of the molecule is Cc1ccc(N[C@@H](C)C(=O)N/N=C\c2ccc(N(C)C)cc2)cc1. The van der Waals surface area contributed by atoms with E-state index in [-0.39, 0.29) is 11.9 Å². The lowest BCUT2D eigenvalue weighted by Gasteiger charge is -2.13. The molecule has 2 aromatic rings. The van der Waals surface area contributed by atoms with Gasteiger partial charge < -0.3 is 10.2 Å². The molecule has 1 amide bonds. The molecule has 2 aromatic carbocycles. The lowest BCUT2D eigenvalue weighted by molar-refractivity contribution is -0.121. The van der Waals surface area contributed by atoms with Crippen molar-refractivity contribution in [1.82, 2.24) is 5.43 Å². The van der Waals surface area contributed by atoms with E-state index in [1.165, 1.54) is 5.56 Å². The van der Waals surface area contributed by atoms with Crippen molar-refractivity contribution in [2.24, 2.45) is 5.10 Å². The second-order valence-electron chi connectivity index (χ2n) is 5.95. The first-order valence-electron chi connectivity index (χ1n) is 7.89. The number of benzene rings is 2. The van der Waals surface area contributed by atoms with Gasteiger partial charge in [0.2, 0.25) is 0 Å². The third-order valence-electron chi connectivity index (χ3n) is 3.63. The maximum atomic E-state index is 12.1. The molecule has 2 rings (SSSR count). The van der Waals surface area contributed by atoms with Gasteiger partial charge in [0.1, 0.15) is 6.04 Å². The van der Waals surface area contributed by atoms with Crippen molar-refractivity contribution in [1.29, 1.82) is 0 Å². The summed E-state index contributed by atoms with van der Waals surface area (Å²) in [6, 6.07) is 15.5. The van der Waals surface area contributed by atoms with Crippen LogP contribution in [0.25, 0.3) is 0 Å². The maximum absolute atomic E-state index is 12.1. The fraction of sp³-hybridized carbons (Fsp3) is 0.263. The molecule has 0 saturated carbocycles. The second kappa shape index (κ2) is 8.15. The fourth-order valence-corrected chi connectivity index (χ4v) is 2.09. The van der Waals surface area contributed by atoms with Crippen LogP contribution < -0.4 is 15.6 Å². The van der Waals surface area contributed by atoms with Crippen LogP contribution >= 0.6 is 0 Å². The van der Waals surface area contributed by atoms with Crippen molar-refractivity contribution >= 4 is 23.5 Å². The molecule has 2 N–H and O–H groups in total. The van der Waals surface area contributed by atoms with E-state index in [0.29, 0.717) is 0 Å². The Bertz CT molecular complexity index is 690. The van der Waals surface area contributed by atoms with E-state index in [1.807, 2.05) is 74.4 Å². The molecule has 0 unspecified atom stereocenters. The number of carbonyl (C=O) groups excluding carboxylic acids is 1. The minimum absolute atomic E-state index is 0.184. The third-order valence-corrected chi connectivity index (χ3v) is 3.63. The van der Waals surface area contributed by atoms with Gasteiger partial charge in [-0.2, -0.15) is 5.10 Å². The van der Waals surface area contributed by atoms with Crippen molar-refractivity contribution in [3.8, 4) is 0 Å². The fourth-order valence-electron chi connectivity index (χ4n) is 2.09. The number of hydrazone groups is 1. The molecule has 5 nitrogen and oxygen atoms in total. The molecule has 24 heavy (non-hydrogen) atoms. The van der Waals surface area contributed by atoms with Gasteiger partial charge in [-0.25, -0.2) is 5.43 Å². The van der Waals surface area contributed by atoms with E-state index in [2.05, 4.69) is 15.8 Å². The Morgan fingerprint density at radius 1 is 1.08 bits per heavy atom. The third kappa shape index (κ3) is 5.12. The summed E-state index contributed by atoms with van der Waals surface area (Å²) < 4.78 is 0. The Labute approximate surface area is 143 Å². The van der Waals surface area contributed by atoms with Crippen LogP contribution in [0.4, 0.5) is 11.4 Å². The van der Waals surface area contributed by atoms with Crippen LogP contribution in [-0.4, -0.2) is 32.3 Å². The van der Waals surface area contributed by atoms with Gasteiger partial charge in [-0.3, -0.25) is 4.79 Å². The molecular formula is C19H24N4O. The summed E-state index contributed by atoms with van der Waals surface area (Å²) in [4.78, 5) is 14.1. The first kappa shape index (κ1) is 17.5. The number of aryl methyl sites for hydroxylation is 1. The molecule has 0 aliphatic carbocycles. The molecule has 0 fully saturated rings. The average Bonchev–Trinajstić information content (AvgIpc) is 2.57. The molecule has 0 radical (unpaired) electrons. The minimum Gasteiger partial charge on any atom is -0.378 e. The quantitative estimate of drug-likeness (QED) is 0.634. The highest BCUT2D eigenvalue weighted by Gasteiger charge is 2.11. The summed E-state index contributed by atoms with van der Waals surface area (Å²) in [7, 11) is 3.98. The predicted octanol–water partition coefficient (Wildman–Crippen LogP) is 3.01. The number of hydrogen-bond acceptors (Lipinski definition) is 4. The van der Waals surface area contributed by atoms with Gasteiger partial charge >= 0.3 is 0 Å². The van der Waals surface area contributed by atoms with E-state index in [1.54, 1.807) is 13.1 Å². The number of rotatable bonds is 6. The van der Waals surface area contributed by atoms with E-state index >= 15 is 0 Å². The molecule has 0 heterocycles. The van der Waals surface area contributed by atoms with Gasteiger partial charge in [0.25, 0.3) is 5.91 Å². The maximum Gasteiger partial charge on any atom is 0.262 e. The van der Waals surface area contributed by atoms with E-state index in [0.717, 1.165) is 16.9 Å². The zero-order valence-corrected chi connectivity index (χ0v) is 14.6. The first-order valence-corrected chi connectivity index (χ1v) is 7.89. The van der Waals surface area contributed by atoms with Gasteiger partial charge in [-0.15, -0.1) is 0 Å². The lowest BCUT2D eigenvalue weighted by atomic mass is 10.2. The van der Waals surface area contributed by atoms with Crippen molar-refractivity contribution in [2.45, 2.75) is 19.9 Å². The number of amides is 1. The summed E-state index contributed by atoms with van der Waals surface area (Å²) in [6.07, 6.45) is 1.63. The Morgan fingerprint density at radius 3 is 2.29 bits per heavy atom. The van der Waals surface area contributed by atoms with Crippen LogP contribution in [-0.2, 0) is 4.79 Å². The normalized spacial score (nSPS) is 12.0. The summed E-state index contributed by atoms with van der Waals surface area (Å²) in [6.45, 7) is 3.83. The van der Waals surface area contributed by atoms with Crippen LogP contribution in [0.5, 0.6) is 0 Å². The summed E-state index contributed by atoms with van der Waals surface area (Å²) in [5, 5.41) is 7.16. The Morgan fingerprint density at radius 2 is 1.71 bits per heavy atom. The van der Waals surface area contributed by atoms with Crippen LogP contribution in [0, 0.1) is 6.92 Å². The summed E-state index contributed by atoms with van der Waals surface area (Å²) in [5.74, 6) is -0.184. The van der Waals surface area contributed by atoms with Crippen LogP contribution in [0.3, 0.4) is 0 Å². The molecule has 5 heteroatoms. The molecule has 126 valence electrons. The average molecular weight is 324 g/mol. The standard InChI is InChI=1S/C19H24N4O/c1-14-5-9-17(10-6-14)21-15(2)19(24)22-20-13-16-7-11-18(12-8-16)23(3)4/h5-13,15,21H,1-4H3,(H,22,24)/b20-13-/t15-/m0/s1. The predicted molar refractivity (Wildman–Crippen MR) is 101 cm³/mol. The number of hydrogen-bond donors (Lipinski definition) is 2. The molecule has 0 saturated heterocycles.